The van der Waals surface area contributed by atoms with E-state index in [0.717, 1.165) is 29.7 Å². The van der Waals surface area contributed by atoms with Crippen molar-refractivity contribution >= 4 is 86.0 Å². The molecule has 1 aliphatic heterocycles. The molecule has 0 aliphatic carbocycles. The second-order valence-corrected chi connectivity index (χ2v) is 9.65. The third kappa shape index (κ3) is 5.72. The standard InChI is InChI=1S/C20H18I2N4O2S/c1-26(2)15-6-4-12(5-7-15)11-23-25-20-24-19(27)17(29-20)9-13-8-14(21)10-16(22)18(13)28-3/h4-11H,1-3H3,(H,24,25,27)/b17-9+,23-11+. The van der Waals surface area contributed by atoms with Crippen LogP contribution >= 0.6 is 56.9 Å². The molecule has 1 N–H and O–H groups in total. The minimum Gasteiger partial charge on any atom is -0.495 e. The lowest BCUT2D eigenvalue weighted by Crippen LogP contribution is -2.19. The Hall–Kier alpha value is -1.60. The molecule has 2 aromatic carbocycles. The average molecular weight is 632 g/mol. The summed E-state index contributed by atoms with van der Waals surface area (Å²) in [6.07, 6.45) is 3.47. The van der Waals surface area contributed by atoms with Gasteiger partial charge in [-0.25, -0.2) is 0 Å². The highest BCUT2D eigenvalue weighted by atomic mass is 127. The van der Waals surface area contributed by atoms with Crippen LogP contribution in [0.5, 0.6) is 5.75 Å². The molecular weight excluding hydrogens is 614 g/mol. The normalized spacial score (nSPS) is 16.7. The number of hydrogen-bond acceptors (Lipinski definition) is 6. The number of benzene rings is 2. The number of halogens is 2. The Kier molecular flexibility index (Phi) is 7.57. The topological polar surface area (TPSA) is 66.3 Å². The second kappa shape index (κ2) is 9.94. The van der Waals surface area contributed by atoms with Gasteiger partial charge in [0.25, 0.3) is 5.91 Å². The third-order valence-electron chi connectivity index (χ3n) is 3.94. The van der Waals surface area contributed by atoms with Crippen LogP contribution < -0.4 is 15.0 Å². The SMILES string of the molecule is COc1c(I)cc(I)cc1/C=C1/S/C(=N/N=C/c2ccc(N(C)C)cc2)NC1=O. The summed E-state index contributed by atoms with van der Waals surface area (Å²) >= 11 is 5.73. The molecule has 2 aromatic rings. The van der Waals surface area contributed by atoms with Crippen LogP contribution in [0.4, 0.5) is 5.69 Å². The smallest absolute Gasteiger partial charge is 0.264 e. The summed E-state index contributed by atoms with van der Waals surface area (Å²) in [6, 6.07) is 12.0. The Morgan fingerprint density at radius 2 is 1.90 bits per heavy atom. The van der Waals surface area contributed by atoms with Gasteiger partial charge >= 0.3 is 0 Å². The van der Waals surface area contributed by atoms with Gasteiger partial charge in [0.2, 0.25) is 0 Å². The molecule has 0 atom stereocenters. The van der Waals surface area contributed by atoms with Crippen molar-refractivity contribution in [2.45, 2.75) is 0 Å². The number of hydrogen-bond donors (Lipinski definition) is 1. The Labute approximate surface area is 201 Å². The van der Waals surface area contributed by atoms with Crippen LogP contribution in [0.15, 0.2) is 51.5 Å². The molecule has 1 amide bonds. The highest BCUT2D eigenvalue weighted by Gasteiger charge is 2.24. The molecule has 0 bridgehead atoms. The van der Waals surface area contributed by atoms with Gasteiger partial charge in [-0.1, -0.05) is 12.1 Å². The molecule has 1 fully saturated rings. The lowest BCUT2D eigenvalue weighted by Gasteiger charge is -2.11. The number of ether oxygens (including phenoxy) is 1. The molecule has 3 rings (SSSR count). The van der Waals surface area contributed by atoms with Gasteiger partial charge in [0.05, 0.1) is 21.8 Å². The van der Waals surface area contributed by atoms with Crippen molar-refractivity contribution in [2.75, 3.05) is 26.1 Å². The van der Waals surface area contributed by atoms with Crippen molar-refractivity contribution in [2.24, 2.45) is 10.2 Å². The monoisotopic (exact) mass is 632 g/mol. The number of thioether (sulfide) groups is 1. The summed E-state index contributed by atoms with van der Waals surface area (Å²) in [4.78, 5) is 14.9. The summed E-state index contributed by atoms with van der Waals surface area (Å²) in [5.74, 6) is 0.548. The summed E-state index contributed by atoms with van der Waals surface area (Å²) in [7, 11) is 5.61. The van der Waals surface area contributed by atoms with Gasteiger partial charge in [-0.2, -0.15) is 5.10 Å². The minimum atomic E-state index is -0.199. The maximum absolute atomic E-state index is 12.3. The Balaban J connectivity index is 1.75. The molecule has 9 heteroatoms. The van der Waals surface area contributed by atoms with Crippen LogP contribution in [0.1, 0.15) is 11.1 Å². The van der Waals surface area contributed by atoms with Crippen LogP contribution in [0, 0.1) is 7.14 Å². The molecule has 29 heavy (non-hydrogen) atoms. The fourth-order valence-corrected chi connectivity index (χ4v) is 5.41. The molecule has 0 radical (unpaired) electrons. The van der Waals surface area contributed by atoms with E-state index in [0.29, 0.717) is 10.1 Å². The number of carbonyl (C=O) groups excluding carboxylic acids is 1. The van der Waals surface area contributed by atoms with Crippen LogP contribution in [0.3, 0.4) is 0 Å². The second-order valence-electron chi connectivity index (χ2n) is 6.21. The van der Waals surface area contributed by atoms with E-state index >= 15 is 0 Å². The number of amidine groups is 1. The van der Waals surface area contributed by atoms with Gasteiger partial charge < -0.3 is 9.64 Å². The summed E-state index contributed by atoms with van der Waals surface area (Å²) < 4.78 is 7.55. The molecule has 0 unspecified atom stereocenters. The Morgan fingerprint density at radius 3 is 2.55 bits per heavy atom. The molecule has 0 spiro atoms. The van der Waals surface area contributed by atoms with Crippen molar-refractivity contribution in [3.05, 3.63) is 59.6 Å². The highest BCUT2D eigenvalue weighted by molar-refractivity contribution is 14.1. The quantitative estimate of drug-likeness (QED) is 0.227. The fourth-order valence-electron chi connectivity index (χ4n) is 2.53. The first-order chi connectivity index (χ1) is 13.9. The van der Waals surface area contributed by atoms with Gasteiger partial charge in [0.15, 0.2) is 5.17 Å². The van der Waals surface area contributed by atoms with E-state index in [1.54, 1.807) is 13.3 Å². The Bertz CT molecular complexity index is 1020. The summed E-state index contributed by atoms with van der Waals surface area (Å²) in [5, 5.41) is 11.4. The lowest BCUT2D eigenvalue weighted by atomic mass is 10.2. The molecule has 150 valence electrons. The lowest BCUT2D eigenvalue weighted by molar-refractivity contribution is -0.115. The zero-order chi connectivity index (χ0) is 21.0. The van der Waals surface area contributed by atoms with Gasteiger partial charge in [0, 0.05) is 28.9 Å². The van der Waals surface area contributed by atoms with Crippen LogP contribution in [-0.2, 0) is 4.79 Å². The van der Waals surface area contributed by atoms with Gasteiger partial charge in [0.1, 0.15) is 5.75 Å². The number of carbonyl (C=O) groups is 1. The van der Waals surface area contributed by atoms with Gasteiger partial charge in [-0.3, -0.25) is 10.1 Å². The molecule has 1 aliphatic rings. The predicted molar refractivity (Wildman–Crippen MR) is 138 cm³/mol. The van der Waals surface area contributed by atoms with E-state index in [-0.39, 0.29) is 5.91 Å². The molecule has 0 saturated carbocycles. The van der Waals surface area contributed by atoms with Crippen LogP contribution in [0.25, 0.3) is 6.08 Å². The minimum absolute atomic E-state index is 0.199. The first-order valence-electron chi connectivity index (χ1n) is 8.49. The third-order valence-corrected chi connectivity index (χ3v) is 6.27. The number of anilines is 1. The summed E-state index contributed by atoms with van der Waals surface area (Å²) in [6.45, 7) is 0. The maximum atomic E-state index is 12.3. The largest absolute Gasteiger partial charge is 0.495 e. The number of rotatable bonds is 5. The molecule has 0 aromatic heterocycles. The maximum Gasteiger partial charge on any atom is 0.264 e. The molecule has 6 nitrogen and oxygen atoms in total. The highest BCUT2D eigenvalue weighted by Crippen LogP contribution is 2.33. The van der Waals surface area contributed by atoms with E-state index in [9.17, 15) is 4.79 Å². The summed E-state index contributed by atoms with van der Waals surface area (Å²) in [5.41, 5.74) is 2.90. The number of nitrogens with zero attached hydrogens (tertiary/aromatic N) is 3. The molecule has 1 heterocycles. The van der Waals surface area contributed by atoms with Gasteiger partial charge in [-0.05, 0) is 92.8 Å². The number of amides is 1. The molecule has 1 saturated heterocycles. The first kappa shape index (κ1) is 22.1. The van der Waals surface area contributed by atoms with E-state index < -0.39 is 0 Å². The first-order valence-corrected chi connectivity index (χ1v) is 11.5. The zero-order valence-electron chi connectivity index (χ0n) is 15.9. The van der Waals surface area contributed by atoms with Crippen molar-refractivity contribution in [3.63, 3.8) is 0 Å². The van der Waals surface area contributed by atoms with E-state index in [2.05, 4.69) is 60.7 Å². The fraction of sp³-hybridized carbons (Fsp3) is 0.150. The van der Waals surface area contributed by atoms with Crippen molar-refractivity contribution < 1.29 is 9.53 Å². The van der Waals surface area contributed by atoms with E-state index in [1.165, 1.54) is 11.8 Å². The van der Waals surface area contributed by atoms with Crippen LogP contribution in [-0.4, -0.2) is 38.5 Å². The van der Waals surface area contributed by atoms with E-state index in [4.69, 9.17) is 4.74 Å². The number of methoxy groups -OCH3 is 1. The van der Waals surface area contributed by atoms with Gasteiger partial charge in [-0.15, -0.1) is 5.10 Å². The zero-order valence-corrected chi connectivity index (χ0v) is 21.1. The average Bonchev–Trinajstić information content (AvgIpc) is 3.01. The predicted octanol–water partition coefficient (Wildman–Crippen LogP) is 4.56. The van der Waals surface area contributed by atoms with Crippen molar-refractivity contribution in [1.29, 1.82) is 0 Å². The number of nitrogens with one attached hydrogen (secondary N) is 1. The molecular formula is C20H18I2N4O2S. The van der Waals surface area contributed by atoms with Crippen molar-refractivity contribution in [3.8, 4) is 5.75 Å². The van der Waals surface area contributed by atoms with E-state index in [1.807, 2.05) is 61.5 Å². The Morgan fingerprint density at radius 1 is 1.17 bits per heavy atom. The van der Waals surface area contributed by atoms with Crippen molar-refractivity contribution in [1.82, 2.24) is 5.32 Å². The van der Waals surface area contributed by atoms with Crippen LogP contribution in [0.2, 0.25) is 0 Å².